The number of rotatable bonds is 3. The molecule has 4 heteroatoms. The first-order valence-corrected chi connectivity index (χ1v) is 4.84. The van der Waals surface area contributed by atoms with E-state index in [2.05, 4.69) is 17.1 Å². The Morgan fingerprint density at radius 2 is 2.57 bits per heavy atom. The average Bonchev–Trinajstić information content (AvgIpc) is 2.58. The van der Waals surface area contributed by atoms with E-state index in [1.165, 1.54) is 0 Å². The van der Waals surface area contributed by atoms with Gasteiger partial charge in [-0.3, -0.25) is 0 Å². The highest BCUT2D eigenvalue weighted by Gasteiger charge is 2.27. The molecule has 0 aliphatic heterocycles. The van der Waals surface area contributed by atoms with Gasteiger partial charge in [0.1, 0.15) is 5.76 Å². The molecule has 1 atom stereocenters. The molecule has 1 aromatic rings. The molecule has 76 valence electrons. The van der Waals surface area contributed by atoms with E-state index in [-0.39, 0.29) is 11.9 Å². The number of nitrogens with one attached hydrogen (secondary N) is 1. The SMILES string of the molecule is C=CCN[C@@H]1CCCc2onc(O)c21. The van der Waals surface area contributed by atoms with Gasteiger partial charge in [-0.2, -0.15) is 0 Å². The molecule has 1 aliphatic carbocycles. The minimum Gasteiger partial charge on any atom is -0.491 e. The van der Waals surface area contributed by atoms with E-state index in [0.717, 1.165) is 37.1 Å². The molecule has 1 aromatic heterocycles. The van der Waals surface area contributed by atoms with Gasteiger partial charge in [0.25, 0.3) is 5.88 Å². The Hall–Kier alpha value is -1.29. The summed E-state index contributed by atoms with van der Waals surface area (Å²) >= 11 is 0. The number of fused-ring (bicyclic) bond motifs is 1. The van der Waals surface area contributed by atoms with Gasteiger partial charge in [-0.15, -0.1) is 6.58 Å². The molecule has 2 N–H and O–H groups in total. The highest BCUT2D eigenvalue weighted by Crippen LogP contribution is 2.35. The normalized spacial score (nSPS) is 20.4. The van der Waals surface area contributed by atoms with Crippen molar-refractivity contribution in [3.63, 3.8) is 0 Å². The maximum absolute atomic E-state index is 9.50. The van der Waals surface area contributed by atoms with Crippen LogP contribution in [0.3, 0.4) is 0 Å². The molecule has 0 saturated heterocycles. The van der Waals surface area contributed by atoms with E-state index in [1.807, 2.05) is 0 Å². The molecule has 0 saturated carbocycles. The van der Waals surface area contributed by atoms with Crippen LogP contribution in [0.5, 0.6) is 5.88 Å². The second-order valence-electron chi connectivity index (χ2n) is 3.48. The Bertz CT molecular complexity index is 333. The maximum Gasteiger partial charge on any atom is 0.256 e. The van der Waals surface area contributed by atoms with Gasteiger partial charge in [0.2, 0.25) is 0 Å². The van der Waals surface area contributed by atoms with Crippen LogP contribution in [0.25, 0.3) is 0 Å². The van der Waals surface area contributed by atoms with Crippen LogP contribution < -0.4 is 5.32 Å². The Balaban J connectivity index is 2.20. The first-order chi connectivity index (χ1) is 6.83. The molecule has 14 heavy (non-hydrogen) atoms. The summed E-state index contributed by atoms with van der Waals surface area (Å²) in [6.07, 6.45) is 4.75. The molecular weight excluding hydrogens is 180 g/mol. The predicted octanol–water partition coefficient (Wildman–Crippen LogP) is 1.53. The standard InChI is InChI=1S/C10H14N2O2/c1-2-6-11-7-4-3-5-8-9(7)10(13)12-14-8/h2,7,11H,1,3-6H2,(H,12,13)/t7-/m1/s1. The highest BCUT2D eigenvalue weighted by molar-refractivity contribution is 5.32. The van der Waals surface area contributed by atoms with Crippen molar-refractivity contribution in [2.45, 2.75) is 25.3 Å². The van der Waals surface area contributed by atoms with Crippen molar-refractivity contribution in [2.75, 3.05) is 6.54 Å². The largest absolute Gasteiger partial charge is 0.491 e. The molecule has 1 aliphatic rings. The number of hydrogen-bond acceptors (Lipinski definition) is 4. The first kappa shape index (κ1) is 9.27. The highest BCUT2D eigenvalue weighted by atomic mass is 16.5. The molecule has 0 bridgehead atoms. The minimum absolute atomic E-state index is 0.0289. The second-order valence-corrected chi connectivity index (χ2v) is 3.48. The van der Waals surface area contributed by atoms with Crippen LogP contribution in [0.15, 0.2) is 17.2 Å². The Labute approximate surface area is 82.6 Å². The van der Waals surface area contributed by atoms with Crippen LogP contribution >= 0.6 is 0 Å². The lowest BCUT2D eigenvalue weighted by atomic mass is 9.93. The third-order valence-corrected chi connectivity index (χ3v) is 2.54. The van der Waals surface area contributed by atoms with Gasteiger partial charge >= 0.3 is 0 Å². The quantitative estimate of drug-likeness (QED) is 0.716. The number of aryl methyl sites for hydroxylation is 1. The van der Waals surface area contributed by atoms with E-state index >= 15 is 0 Å². The lowest BCUT2D eigenvalue weighted by molar-refractivity contribution is 0.337. The van der Waals surface area contributed by atoms with Crippen molar-refractivity contribution in [1.82, 2.24) is 10.5 Å². The van der Waals surface area contributed by atoms with Crippen molar-refractivity contribution < 1.29 is 9.63 Å². The maximum atomic E-state index is 9.50. The lowest BCUT2D eigenvalue weighted by Crippen LogP contribution is -2.24. The zero-order valence-electron chi connectivity index (χ0n) is 7.99. The fraction of sp³-hybridized carbons (Fsp3) is 0.500. The molecule has 1 heterocycles. The summed E-state index contributed by atoms with van der Waals surface area (Å²) in [4.78, 5) is 0. The molecule has 2 rings (SSSR count). The lowest BCUT2D eigenvalue weighted by Gasteiger charge is -2.21. The van der Waals surface area contributed by atoms with Gasteiger partial charge in [-0.1, -0.05) is 6.08 Å². The monoisotopic (exact) mass is 194 g/mol. The fourth-order valence-corrected chi connectivity index (χ4v) is 1.89. The van der Waals surface area contributed by atoms with Crippen LogP contribution in [-0.2, 0) is 6.42 Å². The summed E-state index contributed by atoms with van der Waals surface area (Å²) in [7, 11) is 0. The summed E-state index contributed by atoms with van der Waals surface area (Å²) in [5.41, 5.74) is 0.832. The van der Waals surface area contributed by atoms with Crippen LogP contribution in [0.1, 0.15) is 30.2 Å². The van der Waals surface area contributed by atoms with Crippen molar-refractivity contribution in [3.8, 4) is 5.88 Å². The van der Waals surface area contributed by atoms with Crippen LogP contribution in [-0.4, -0.2) is 16.8 Å². The third-order valence-electron chi connectivity index (χ3n) is 2.54. The van der Waals surface area contributed by atoms with Crippen molar-refractivity contribution in [2.24, 2.45) is 0 Å². The van der Waals surface area contributed by atoms with Crippen molar-refractivity contribution in [1.29, 1.82) is 0 Å². The zero-order valence-corrected chi connectivity index (χ0v) is 7.99. The van der Waals surface area contributed by atoms with E-state index < -0.39 is 0 Å². The molecule has 0 fully saturated rings. The third kappa shape index (κ3) is 1.53. The molecule has 0 spiro atoms. The molecule has 0 unspecified atom stereocenters. The average molecular weight is 194 g/mol. The van der Waals surface area contributed by atoms with Gasteiger partial charge in [0, 0.05) is 19.0 Å². The van der Waals surface area contributed by atoms with Gasteiger partial charge < -0.3 is 14.9 Å². The molecular formula is C10H14N2O2. The van der Waals surface area contributed by atoms with Crippen LogP contribution in [0.4, 0.5) is 0 Å². The summed E-state index contributed by atoms with van der Waals surface area (Å²) in [5, 5.41) is 16.3. The van der Waals surface area contributed by atoms with E-state index in [9.17, 15) is 5.11 Å². The Morgan fingerprint density at radius 3 is 3.36 bits per heavy atom. The first-order valence-electron chi connectivity index (χ1n) is 4.84. The van der Waals surface area contributed by atoms with E-state index in [0.29, 0.717) is 0 Å². The second kappa shape index (κ2) is 3.84. The fourth-order valence-electron chi connectivity index (χ4n) is 1.89. The molecule has 4 nitrogen and oxygen atoms in total. The minimum atomic E-state index is 0.0289. The molecule has 0 amide bonds. The zero-order chi connectivity index (χ0) is 9.97. The molecule has 0 aromatic carbocycles. The predicted molar refractivity (Wildman–Crippen MR) is 52.0 cm³/mol. The Kier molecular flexibility index (Phi) is 2.54. The summed E-state index contributed by atoms with van der Waals surface area (Å²) in [6, 6.07) is 0.156. The van der Waals surface area contributed by atoms with Crippen LogP contribution in [0.2, 0.25) is 0 Å². The summed E-state index contributed by atoms with van der Waals surface area (Å²) in [6.45, 7) is 4.38. The number of nitrogens with zero attached hydrogens (tertiary/aromatic N) is 1. The van der Waals surface area contributed by atoms with E-state index in [1.54, 1.807) is 6.08 Å². The van der Waals surface area contributed by atoms with Gasteiger partial charge in [0.15, 0.2) is 0 Å². The molecule has 0 radical (unpaired) electrons. The summed E-state index contributed by atoms with van der Waals surface area (Å²) in [5.74, 6) is 0.844. The van der Waals surface area contributed by atoms with Crippen molar-refractivity contribution >= 4 is 0 Å². The smallest absolute Gasteiger partial charge is 0.256 e. The number of aromatic nitrogens is 1. The van der Waals surface area contributed by atoms with E-state index in [4.69, 9.17) is 4.52 Å². The van der Waals surface area contributed by atoms with Gasteiger partial charge in [-0.05, 0) is 18.0 Å². The van der Waals surface area contributed by atoms with Crippen molar-refractivity contribution in [3.05, 3.63) is 24.0 Å². The summed E-state index contributed by atoms with van der Waals surface area (Å²) < 4.78 is 5.03. The Morgan fingerprint density at radius 1 is 1.71 bits per heavy atom. The number of hydrogen-bond donors (Lipinski definition) is 2. The topological polar surface area (TPSA) is 58.3 Å². The van der Waals surface area contributed by atoms with Crippen LogP contribution in [0, 0.1) is 0 Å². The van der Waals surface area contributed by atoms with Gasteiger partial charge in [0.05, 0.1) is 5.56 Å². The van der Waals surface area contributed by atoms with Gasteiger partial charge in [-0.25, -0.2) is 0 Å². The number of aromatic hydroxyl groups is 1.